The molecule has 3 aromatic rings. The van der Waals surface area contributed by atoms with Gasteiger partial charge in [0.05, 0.1) is 11.8 Å². The van der Waals surface area contributed by atoms with Crippen LogP contribution in [0.5, 0.6) is 0 Å². The van der Waals surface area contributed by atoms with E-state index in [0.29, 0.717) is 37.4 Å². The van der Waals surface area contributed by atoms with E-state index in [9.17, 15) is 28.3 Å². The minimum Gasteiger partial charge on any atom is -0.480 e. The molecule has 0 spiro atoms. The van der Waals surface area contributed by atoms with Crippen molar-refractivity contribution in [2.24, 2.45) is 11.1 Å². The van der Waals surface area contributed by atoms with Crippen molar-refractivity contribution in [3.05, 3.63) is 94.9 Å². The average molecular weight is 749 g/mol. The zero-order chi connectivity index (χ0) is 35.3. The normalized spacial score (nSPS) is 12.9. The Morgan fingerprint density at radius 1 is 1.12 bits per heavy atom. The SMILES string of the molecule is CC(C)(C)[C@H](c1cc(-c2cc(F)ccc2F)cn1Cc1ccccc1)N(CCCN)C(=O)CSCCC(=O)N[C@H](CNC=CBr)C(=O)O. The summed E-state index contributed by atoms with van der Waals surface area (Å²) >= 11 is 4.37. The van der Waals surface area contributed by atoms with Crippen LogP contribution >= 0.6 is 27.7 Å². The largest absolute Gasteiger partial charge is 0.480 e. The van der Waals surface area contributed by atoms with Crippen LogP contribution in [0.1, 0.15) is 50.9 Å². The molecule has 2 amide bonds. The summed E-state index contributed by atoms with van der Waals surface area (Å²) < 4.78 is 31.3. The molecule has 3 rings (SSSR count). The van der Waals surface area contributed by atoms with Crippen LogP contribution in [0.15, 0.2) is 72.0 Å². The van der Waals surface area contributed by atoms with Gasteiger partial charge in [-0.2, -0.15) is 11.8 Å². The molecule has 0 aliphatic rings. The van der Waals surface area contributed by atoms with Gasteiger partial charge in [-0.05, 0) is 53.2 Å². The number of aliphatic carboxylic acids is 1. The predicted octanol–water partition coefficient (Wildman–Crippen LogP) is 5.89. The summed E-state index contributed by atoms with van der Waals surface area (Å²) in [7, 11) is 0. The molecule has 0 radical (unpaired) electrons. The van der Waals surface area contributed by atoms with Crippen LogP contribution in [-0.2, 0) is 20.9 Å². The molecule has 1 heterocycles. The number of nitrogens with zero attached hydrogens (tertiary/aromatic N) is 2. The summed E-state index contributed by atoms with van der Waals surface area (Å²) in [6, 6.07) is 13.4. The summed E-state index contributed by atoms with van der Waals surface area (Å²) in [4.78, 5) is 41.3. The number of hydrogen-bond acceptors (Lipinski definition) is 6. The van der Waals surface area contributed by atoms with E-state index >= 15 is 0 Å². The van der Waals surface area contributed by atoms with E-state index in [2.05, 4.69) is 26.6 Å². The number of thioether (sulfide) groups is 1. The lowest BCUT2D eigenvalue weighted by Gasteiger charge is -2.41. The average Bonchev–Trinajstić information content (AvgIpc) is 3.43. The first-order valence-electron chi connectivity index (χ1n) is 15.6. The molecule has 9 nitrogen and oxygen atoms in total. The van der Waals surface area contributed by atoms with Gasteiger partial charge in [-0.1, -0.05) is 67.0 Å². The molecule has 48 heavy (non-hydrogen) atoms. The Hall–Kier alpha value is -3.68. The van der Waals surface area contributed by atoms with E-state index in [1.807, 2.05) is 61.7 Å². The highest BCUT2D eigenvalue weighted by molar-refractivity contribution is 9.11. The Morgan fingerprint density at radius 2 is 1.85 bits per heavy atom. The fourth-order valence-electron chi connectivity index (χ4n) is 5.38. The fraction of sp³-hybridized carbons (Fsp3) is 0.400. The summed E-state index contributed by atoms with van der Waals surface area (Å²) in [6.07, 6.45) is 3.90. The molecule has 5 N–H and O–H groups in total. The van der Waals surface area contributed by atoms with Gasteiger partial charge in [0.2, 0.25) is 11.8 Å². The number of nitrogens with one attached hydrogen (secondary N) is 2. The molecule has 0 bridgehead atoms. The number of halogens is 3. The summed E-state index contributed by atoms with van der Waals surface area (Å²) in [5.74, 6) is -2.48. The lowest BCUT2D eigenvalue weighted by atomic mass is 9.83. The quantitative estimate of drug-likeness (QED) is 0.119. The summed E-state index contributed by atoms with van der Waals surface area (Å²) in [5.41, 5.74) is 7.81. The summed E-state index contributed by atoms with van der Waals surface area (Å²) in [5, 5.41) is 14.7. The zero-order valence-electron chi connectivity index (χ0n) is 27.4. The minimum absolute atomic E-state index is 0.0126. The smallest absolute Gasteiger partial charge is 0.328 e. The number of hydrogen-bond donors (Lipinski definition) is 4. The molecular formula is C35H44BrF2N5O4S. The van der Waals surface area contributed by atoms with Crippen molar-refractivity contribution in [3.63, 3.8) is 0 Å². The van der Waals surface area contributed by atoms with E-state index in [-0.39, 0.29) is 30.2 Å². The van der Waals surface area contributed by atoms with Gasteiger partial charge in [0.25, 0.3) is 0 Å². The van der Waals surface area contributed by atoms with Crippen molar-refractivity contribution in [3.8, 4) is 11.1 Å². The molecule has 0 saturated carbocycles. The van der Waals surface area contributed by atoms with Crippen LogP contribution in [0.25, 0.3) is 11.1 Å². The van der Waals surface area contributed by atoms with Gasteiger partial charge in [0.15, 0.2) is 0 Å². The highest BCUT2D eigenvalue weighted by Gasteiger charge is 2.37. The third-order valence-corrected chi connectivity index (χ3v) is 8.74. The highest BCUT2D eigenvalue weighted by atomic mass is 79.9. The van der Waals surface area contributed by atoms with Crippen molar-refractivity contribution >= 4 is 45.5 Å². The van der Waals surface area contributed by atoms with Gasteiger partial charge in [0.1, 0.15) is 17.7 Å². The van der Waals surface area contributed by atoms with Gasteiger partial charge in [-0.3, -0.25) is 9.59 Å². The fourth-order valence-corrected chi connectivity index (χ4v) is 6.38. The molecule has 2 atom stereocenters. The Morgan fingerprint density at radius 3 is 2.50 bits per heavy atom. The molecule has 0 aliphatic carbocycles. The van der Waals surface area contributed by atoms with Gasteiger partial charge >= 0.3 is 5.97 Å². The third kappa shape index (κ3) is 11.5. The Kier molecular flexibility index (Phi) is 15.1. The Labute approximate surface area is 293 Å². The highest BCUT2D eigenvalue weighted by Crippen LogP contribution is 2.41. The number of nitrogens with two attached hydrogens (primary N) is 1. The standard InChI is InChI=1S/C35H44BrF2N5O4S/c1-35(2,3)33(30-18-25(27-19-26(37)10-11-28(27)38)22-42(30)21-24-8-5-4-6-9-24)43(16-7-14-39)32(45)23-48-17-12-31(44)41-29(34(46)47)20-40-15-13-36/h4-6,8-11,13,15,18-19,22,29,33,40H,7,12,14,16-17,20-21,23,39H2,1-3H3,(H,41,44)(H,46,47)/t29-,33+/m1/s1. The monoisotopic (exact) mass is 747 g/mol. The van der Waals surface area contributed by atoms with E-state index in [1.54, 1.807) is 11.1 Å². The lowest BCUT2D eigenvalue weighted by Crippen LogP contribution is -2.46. The molecule has 13 heteroatoms. The number of benzene rings is 2. The summed E-state index contributed by atoms with van der Waals surface area (Å²) in [6.45, 7) is 7.28. The van der Waals surface area contributed by atoms with Crippen LogP contribution in [0.3, 0.4) is 0 Å². The second-order valence-corrected chi connectivity index (χ2v) is 14.0. The second-order valence-electron chi connectivity index (χ2n) is 12.4. The molecule has 0 aliphatic heterocycles. The number of amides is 2. The number of carbonyl (C=O) groups is 3. The minimum atomic E-state index is -1.16. The zero-order valence-corrected chi connectivity index (χ0v) is 29.8. The van der Waals surface area contributed by atoms with Gasteiger partial charge in [-0.25, -0.2) is 13.6 Å². The maximum atomic E-state index is 15.0. The molecule has 1 aromatic heterocycles. The lowest BCUT2D eigenvalue weighted by molar-refractivity contribution is -0.141. The van der Waals surface area contributed by atoms with Crippen LogP contribution in [0, 0.1) is 17.0 Å². The van der Waals surface area contributed by atoms with Gasteiger partial charge in [-0.15, -0.1) is 0 Å². The maximum Gasteiger partial charge on any atom is 0.328 e. The Balaban J connectivity index is 1.87. The van der Waals surface area contributed by atoms with E-state index in [4.69, 9.17) is 5.73 Å². The van der Waals surface area contributed by atoms with Gasteiger partial charge in [0, 0.05) is 61.0 Å². The molecule has 0 saturated heterocycles. The van der Waals surface area contributed by atoms with Crippen molar-refractivity contribution < 1.29 is 28.3 Å². The van der Waals surface area contributed by atoms with E-state index in [1.165, 1.54) is 29.0 Å². The van der Waals surface area contributed by atoms with E-state index < -0.39 is 41.0 Å². The topological polar surface area (TPSA) is 130 Å². The second kappa shape index (κ2) is 18.8. The van der Waals surface area contributed by atoms with Crippen LogP contribution < -0.4 is 16.4 Å². The van der Waals surface area contributed by atoms with Gasteiger partial charge < -0.3 is 30.9 Å². The molecule has 260 valence electrons. The van der Waals surface area contributed by atoms with Crippen LogP contribution in [-0.4, -0.2) is 69.5 Å². The molecule has 2 aromatic carbocycles. The number of rotatable bonds is 18. The molecule has 0 fully saturated rings. The number of carboxylic acids is 1. The van der Waals surface area contributed by atoms with Crippen molar-refractivity contribution in [2.75, 3.05) is 31.1 Å². The molecule has 0 unspecified atom stereocenters. The first-order valence-corrected chi connectivity index (χ1v) is 17.7. The van der Waals surface area contributed by atoms with E-state index in [0.717, 1.165) is 23.4 Å². The van der Waals surface area contributed by atoms with Crippen LogP contribution in [0.4, 0.5) is 8.78 Å². The predicted molar refractivity (Wildman–Crippen MR) is 190 cm³/mol. The maximum absolute atomic E-state index is 15.0. The first kappa shape index (κ1) is 38.8. The first-order chi connectivity index (χ1) is 22.8. The third-order valence-electron chi connectivity index (χ3n) is 7.54. The Bertz CT molecular complexity index is 1550. The number of carbonyl (C=O) groups excluding carboxylic acids is 2. The van der Waals surface area contributed by atoms with Crippen molar-refractivity contribution in [1.82, 2.24) is 20.1 Å². The van der Waals surface area contributed by atoms with Crippen molar-refractivity contribution in [2.45, 2.75) is 52.2 Å². The number of aromatic nitrogens is 1. The van der Waals surface area contributed by atoms with Crippen LogP contribution in [0.2, 0.25) is 0 Å². The molecular weight excluding hydrogens is 704 g/mol. The van der Waals surface area contributed by atoms with Crippen molar-refractivity contribution in [1.29, 1.82) is 0 Å². The number of carboxylic acid groups (broad SMARTS) is 1.